The van der Waals surface area contributed by atoms with Crippen LogP contribution in [0.15, 0.2) is 36.4 Å². The lowest BCUT2D eigenvalue weighted by molar-refractivity contribution is -0.119. The van der Waals surface area contributed by atoms with Gasteiger partial charge in [-0.25, -0.2) is 0 Å². The minimum absolute atomic E-state index is 0.0806. The molecule has 0 saturated heterocycles. The summed E-state index contributed by atoms with van der Waals surface area (Å²) in [6.07, 6.45) is 0. The van der Waals surface area contributed by atoms with Crippen LogP contribution in [0.3, 0.4) is 0 Å². The molecule has 0 unspecified atom stereocenters. The summed E-state index contributed by atoms with van der Waals surface area (Å²) in [6, 6.07) is 11.6. The normalized spacial score (nSPS) is 10.3. The van der Waals surface area contributed by atoms with Gasteiger partial charge >= 0.3 is 0 Å². The summed E-state index contributed by atoms with van der Waals surface area (Å²) in [5.41, 5.74) is 3.95. The molecule has 0 aliphatic heterocycles. The van der Waals surface area contributed by atoms with E-state index in [4.69, 9.17) is 16.3 Å². The van der Waals surface area contributed by atoms with Crippen LogP contribution in [0.25, 0.3) is 0 Å². The first-order valence-corrected chi connectivity index (χ1v) is 7.78. The van der Waals surface area contributed by atoms with Crippen LogP contribution in [0.1, 0.15) is 16.7 Å². The number of halogens is 1. The second-order valence-corrected chi connectivity index (χ2v) is 5.77. The number of aryl methyl sites for hydroxylation is 2. The zero-order valence-electron chi connectivity index (χ0n) is 13.6. The highest BCUT2D eigenvalue weighted by atomic mass is 35.5. The number of nitrogens with one attached hydrogen (secondary N) is 2. The van der Waals surface area contributed by atoms with E-state index in [0.717, 1.165) is 22.4 Å². The molecule has 0 saturated carbocycles. The van der Waals surface area contributed by atoms with Crippen LogP contribution < -0.4 is 15.4 Å². The van der Waals surface area contributed by atoms with Crippen LogP contribution in [0, 0.1) is 13.8 Å². The number of hydrogen-bond acceptors (Lipinski definition) is 3. The Morgan fingerprint density at radius 3 is 2.61 bits per heavy atom. The molecule has 2 rings (SSSR count). The summed E-state index contributed by atoms with van der Waals surface area (Å²) in [5.74, 6) is 0.537. The molecule has 2 aromatic rings. The van der Waals surface area contributed by atoms with Crippen molar-refractivity contribution in [1.29, 1.82) is 0 Å². The van der Waals surface area contributed by atoms with Gasteiger partial charge in [0, 0.05) is 17.6 Å². The maximum absolute atomic E-state index is 12.0. The molecule has 0 aliphatic rings. The van der Waals surface area contributed by atoms with Crippen LogP contribution >= 0.6 is 11.6 Å². The van der Waals surface area contributed by atoms with Crippen molar-refractivity contribution in [3.8, 4) is 5.75 Å². The summed E-state index contributed by atoms with van der Waals surface area (Å²) in [5, 5.41) is 6.63. The highest BCUT2D eigenvalue weighted by Gasteiger charge is 2.09. The van der Waals surface area contributed by atoms with Gasteiger partial charge in [-0.05, 0) is 36.6 Å². The third-order valence-electron chi connectivity index (χ3n) is 3.66. The van der Waals surface area contributed by atoms with E-state index in [1.165, 1.54) is 0 Å². The molecule has 0 fully saturated rings. The average Bonchev–Trinajstić information content (AvgIpc) is 2.54. The molecule has 4 nitrogen and oxygen atoms in total. The van der Waals surface area contributed by atoms with E-state index < -0.39 is 0 Å². The van der Waals surface area contributed by atoms with E-state index in [-0.39, 0.29) is 12.5 Å². The highest BCUT2D eigenvalue weighted by Crippen LogP contribution is 2.30. The van der Waals surface area contributed by atoms with E-state index in [0.29, 0.717) is 17.3 Å². The van der Waals surface area contributed by atoms with Gasteiger partial charge in [0.1, 0.15) is 5.75 Å². The average molecular weight is 333 g/mol. The molecule has 0 heterocycles. The summed E-state index contributed by atoms with van der Waals surface area (Å²) in [6.45, 7) is 4.62. The third kappa shape index (κ3) is 4.63. The monoisotopic (exact) mass is 332 g/mol. The molecule has 1 amide bonds. The topological polar surface area (TPSA) is 50.4 Å². The van der Waals surface area contributed by atoms with Crippen LogP contribution in [-0.2, 0) is 11.3 Å². The van der Waals surface area contributed by atoms with Crippen molar-refractivity contribution >= 4 is 23.2 Å². The fraction of sp³-hybridized carbons (Fsp3) is 0.278. The highest BCUT2D eigenvalue weighted by molar-refractivity contribution is 6.31. The molecule has 2 N–H and O–H groups in total. The SMILES string of the molecule is COc1cc(Cl)c(C)cc1NCC(=O)NCc1ccccc1C. The zero-order chi connectivity index (χ0) is 16.8. The minimum atomic E-state index is -0.0806. The lowest BCUT2D eigenvalue weighted by Crippen LogP contribution is -2.29. The first-order valence-electron chi connectivity index (χ1n) is 7.40. The largest absolute Gasteiger partial charge is 0.495 e. The van der Waals surface area contributed by atoms with Gasteiger partial charge in [-0.15, -0.1) is 0 Å². The van der Waals surface area contributed by atoms with E-state index in [1.807, 2.05) is 44.2 Å². The fourth-order valence-electron chi connectivity index (χ4n) is 2.21. The second-order valence-electron chi connectivity index (χ2n) is 5.36. The van der Waals surface area contributed by atoms with Gasteiger partial charge in [0.05, 0.1) is 19.3 Å². The van der Waals surface area contributed by atoms with Crippen molar-refractivity contribution in [1.82, 2.24) is 5.32 Å². The predicted octanol–water partition coefficient (Wildman–Crippen LogP) is 3.69. The number of hydrogen-bond donors (Lipinski definition) is 2. The van der Waals surface area contributed by atoms with Gasteiger partial charge < -0.3 is 15.4 Å². The first kappa shape index (κ1) is 17.2. The Hall–Kier alpha value is -2.20. The van der Waals surface area contributed by atoms with Crippen molar-refractivity contribution in [2.45, 2.75) is 20.4 Å². The second kappa shape index (κ2) is 7.88. The van der Waals surface area contributed by atoms with Crippen LogP contribution in [0.5, 0.6) is 5.75 Å². The minimum Gasteiger partial charge on any atom is -0.495 e. The van der Waals surface area contributed by atoms with Crippen LogP contribution in [-0.4, -0.2) is 19.6 Å². The molecule has 0 spiro atoms. The quantitative estimate of drug-likeness (QED) is 0.848. The number of rotatable bonds is 6. The van der Waals surface area contributed by atoms with Gasteiger partial charge in [0.2, 0.25) is 5.91 Å². The molecule has 0 atom stereocenters. The summed E-state index contributed by atoms with van der Waals surface area (Å²) in [7, 11) is 1.57. The Morgan fingerprint density at radius 1 is 1.17 bits per heavy atom. The maximum atomic E-state index is 12.0. The Balaban J connectivity index is 1.92. The maximum Gasteiger partial charge on any atom is 0.239 e. The van der Waals surface area contributed by atoms with Gasteiger partial charge in [0.15, 0.2) is 0 Å². The van der Waals surface area contributed by atoms with E-state index >= 15 is 0 Å². The summed E-state index contributed by atoms with van der Waals surface area (Å²) < 4.78 is 5.28. The fourth-order valence-corrected chi connectivity index (χ4v) is 2.36. The van der Waals surface area contributed by atoms with Crippen molar-refractivity contribution in [3.05, 3.63) is 58.1 Å². The Bertz CT molecular complexity index is 701. The summed E-state index contributed by atoms with van der Waals surface area (Å²) in [4.78, 5) is 12.0. The molecule has 0 bridgehead atoms. The van der Waals surface area contributed by atoms with Crippen molar-refractivity contribution in [2.75, 3.05) is 19.0 Å². The Labute approximate surface area is 141 Å². The van der Waals surface area contributed by atoms with Gasteiger partial charge in [-0.2, -0.15) is 0 Å². The number of carbonyl (C=O) groups excluding carboxylic acids is 1. The number of carbonyl (C=O) groups is 1. The van der Waals surface area contributed by atoms with Crippen molar-refractivity contribution in [2.24, 2.45) is 0 Å². The van der Waals surface area contributed by atoms with E-state index in [2.05, 4.69) is 10.6 Å². The molecular formula is C18H21ClN2O2. The standard InChI is InChI=1S/C18H21ClN2O2/c1-12-6-4-5-7-14(12)10-21-18(22)11-20-16-8-13(2)15(19)9-17(16)23-3/h4-9,20H,10-11H2,1-3H3,(H,21,22). The molecule has 0 aromatic heterocycles. The van der Waals surface area contributed by atoms with Crippen molar-refractivity contribution in [3.63, 3.8) is 0 Å². The smallest absolute Gasteiger partial charge is 0.239 e. The lowest BCUT2D eigenvalue weighted by atomic mass is 10.1. The van der Waals surface area contributed by atoms with Crippen molar-refractivity contribution < 1.29 is 9.53 Å². The number of benzene rings is 2. The van der Waals surface area contributed by atoms with Gasteiger partial charge in [-0.1, -0.05) is 35.9 Å². The molecule has 5 heteroatoms. The first-order chi connectivity index (χ1) is 11.0. The summed E-state index contributed by atoms with van der Waals surface area (Å²) >= 11 is 6.07. The number of amides is 1. The van der Waals surface area contributed by atoms with Gasteiger partial charge in [0.25, 0.3) is 0 Å². The molecule has 2 aromatic carbocycles. The molecule has 23 heavy (non-hydrogen) atoms. The van der Waals surface area contributed by atoms with Gasteiger partial charge in [-0.3, -0.25) is 4.79 Å². The van der Waals surface area contributed by atoms with E-state index in [9.17, 15) is 4.79 Å². The Morgan fingerprint density at radius 2 is 1.91 bits per heavy atom. The lowest BCUT2D eigenvalue weighted by Gasteiger charge is -2.13. The van der Waals surface area contributed by atoms with E-state index in [1.54, 1.807) is 13.2 Å². The molecule has 0 radical (unpaired) electrons. The number of methoxy groups -OCH3 is 1. The van der Waals surface area contributed by atoms with Crippen LogP contribution in [0.4, 0.5) is 5.69 Å². The zero-order valence-corrected chi connectivity index (χ0v) is 14.3. The predicted molar refractivity (Wildman–Crippen MR) is 94.3 cm³/mol. The number of ether oxygens (including phenoxy) is 1. The number of anilines is 1. The Kier molecular flexibility index (Phi) is 5.88. The molecule has 122 valence electrons. The molecular weight excluding hydrogens is 312 g/mol. The molecule has 0 aliphatic carbocycles. The van der Waals surface area contributed by atoms with Crippen LogP contribution in [0.2, 0.25) is 5.02 Å². The third-order valence-corrected chi connectivity index (χ3v) is 4.06.